The fourth-order valence-electron chi connectivity index (χ4n) is 1.45. The molecule has 5 radical (unpaired) electrons. The lowest BCUT2D eigenvalue weighted by Gasteiger charge is -2.12. The van der Waals surface area contributed by atoms with Gasteiger partial charge in [0.15, 0.2) is 0 Å². The summed E-state index contributed by atoms with van der Waals surface area (Å²) in [5, 5.41) is 0. The largest absolute Gasteiger partial charge is 0.467 e. The van der Waals surface area contributed by atoms with E-state index < -0.39 is 0 Å². The lowest BCUT2D eigenvalue weighted by molar-refractivity contribution is -0.142. The summed E-state index contributed by atoms with van der Waals surface area (Å²) in [7, 11) is 1.40. The van der Waals surface area contributed by atoms with Crippen LogP contribution in [-0.4, -0.2) is 25.3 Å². The fraction of sp³-hybridized carbons (Fsp3) is 0.462. The summed E-state index contributed by atoms with van der Waals surface area (Å²) < 4.78 is 4.73. The zero-order chi connectivity index (χ0) is 12.0. The molecule has 1 saturated carbocycles. The van der Waals surface area contributed by atoms with Gasteiger partial charge in [0.1, 0.15) is 6.04 Å². The summed E-state index contributed by atoms with van der Waals surface area (Å²) in [4.78, 5) is 15.7. The lowest BCUT2D eigenvalue weighted by Crippen LogP contribution is -2.22. The molecule has 1 atom stereocenters. The van der Waals surface area contributed by atoms with Crippen LogP contribution in [0.4, 0.5) is 0 Å². The van der Waals surface area contributed by atoms with E-state index in [0.717, 1.165) is 5.92 Å². The van der Waals surface area contributed by atoms with E-state index in [2.05, 4.69) is 18.8 Å². The Morgan fingerprint density at radius 2 is 2.06 bits per heavy atom. The van der Waals surface area contributed by atoms with Crippen molar-refractivity contribution in [3.05, 3.63) is 31.6 Å². The molecule has 0 amide bonds. The van der Waals surface area contributed by atoms with E-state index in [4.69, 9.17) is 4.74 Å². The molecule has 1 aliphatic rings. The van der Waals surface area contributed by atoms with Crippen LogP contribution in [0.25, 0.3) is 0 Å². The van der Waals surface area contributed by atoms with Gasteiger partial charge in [-0.15, -0.1) is 0 Å². The summed E-state index contributed by atoms with van der Waals surface area (Å²) >= 11 is 0. The summed E-state index contributed by atoms with van der Waals surface area (Å²) in [5.74, 6) is 1.16. The number of ether oxygens (including phenoxy) is 1. The minimum atomic E-state index is -0.389. The van der Waals surface area contributed by atoms with Crippen LogP contribution in [0, 0.1) is 37.5 Å². The molecule has 87 valence electrons. The smallest absolute Gasteiger partial charge is 0.330 e. The minimum Gasteiger partial charge on any atom is -0.467 e. The third-order valence-corrected chi connectivity index (χ3v) is 2.26. The number of esters is 1. The van der Waals surface area contributed by atoms with Crippen LogP contribution in [0.3, 0.4) is 0 Å². The maximum atomic E-state index is 11.5. The van der Waals surface area contributed by atoms with Gasteiger partial charge in [-0.05, 0) is 38.0 Å². The molecule has 0 heterocycles. The number of hydrogen-bond donors (Lipinski definition) is 0. The molecule has 3 nitrogen and oxygen atoms in total. The van der Waals surface area contributed by atoms with Crippen LogP contribution in [0.5, 0.6) is 0 Å². The van der Waals surface area contributed by atoms with Gasteiger partial charge in [-0.2, -0.15) is 0 Å². The number of carbonyl (C=O) groups excluding carboxylic acids is 1. The van der Waals surface area contributed by atoms with Gasteiger partial charge in [0.25, 0.3) is 0 Å². The number of rotatable bonds is 5. The zero-order valence-electron chi connectivity index (χ0n) is 10.0. The molecule has 1 unspecified atom stereocenters. The Hall–Kier alpha value is -0.860. The first-order chi connectivity index (χ1) is 7.63. The average Bonchev–Trinajstić information content (AvgIpc) is 2.75. The molecule has 0 aliphatic heterocycles. The van der Waals surface area contributed by atoms with Crippen molar-refractivity contribution >= 4 is 12.2 Å². The van der Waals surface area contributed by atoms with Crippen LogP contribution in [0.15, 0.2) is 4.99 Å². The number of hydrogen-bond acceptors (Lipinski definition) is 3. The second kappa shape index (κ2) is 6.66. The first-order valence-corrected chi connectivity index (χ1v) is 5.46. The number of aliphatic imine (C=N–C) groups is 1. The summed E-state index contributed by atoms with van der Waals surface area (Å²) in [6.07, 6.45) is 10.2. The van der Waals surface area contributed by atoms with Crippen molar-refractivity contribution in [3.8, 4) is 0 Å². The first-order valence-electron chi connectivity index (χ1n) is 5.46. The van der Waals surface area contributed by atoms with Gasteiger partial charge in [-0.1, -0.05) is 13.8 Å². The topological polar surface area (TPSA) is 38.7 Å². The fourth-order valence-corrected chi connectivity index (χ4v) is 1.45. The molecule has 0 saturated heterocycles. The predicted molar refractivity (Wildman–Crippen MR) is 64.2 cm³/mol. The summed E-state index contributed by atoms with van der Waals surface area (Å²) in [6, 6.07) is -0.389. The summed E-state index contributed by atoms with van der Waals surface area (Å²) in [5.41, 5.74) is 0. The molecule has 3 heteroatoms. The Kier molecular flexibility index (Phi) is 5.50. The van der Waals surface area contributed by atoms with Crippen molar-refractivity contribution in [1.82, 2.24) is 0 Å². The predicted octanol–water partition coefficient (Wildman–Crippen LogP) is 2.05. The number of carbonyl (C=O) groups is 1. The van der Waals surface area contributed by atoms with Crippen LogP contribution < -0.4 is 0 Å². The number of methoxy groups -OCH3 is 1. The van der Waals surface area contributed by atoms with Gasteiger partial charge < -0.3 is 4.74 Å². The van der Waals surface area contributed by atoms with E-state index in [1.165, 1.54) is 7.11 Å². The van der Waals surface area contributed by atoms with Crippen LogP contribution in [-0.2, 0) is 9.53 Å². The first kappa shape index (κ1) is 13.2. The Morgan fingerprint density at radius 3 is 2.56 bits per heavy atom. The highest BCUT2D eigenvalue weighted by Crippen LogP contribution is 2.21. The highest BCUT2D eigenvalue weighted by Gasteiger charge is 2.20. The highest BCUT2D eigenvalue weighted by molar-refractivity contribution is 5.85. The molecule has 0 spiro atoms. The third-order valence-electron chi connectivity index (χ3n) is 2.26. The second-order valence-electron chi connectivity index (χ2n) is 4.16. The third kappa shape index (κ3) is 4.33. The van der Waals surface area contributed by atoms with Gasteiger partial charge in [0.2, 0.25) is 0 Å². The minimum absolute atomic E-state index is 0.267. The molecule has 16 heavy (non-hydrogen) atoms. The average molecular weight is 220 g/mol. The van der Waals surface area contributed by atoms with Crippen LogP contribution in [0.2, 0.25) is 0 Å². The van der Waals surface area contributed by atoms with E-state index in [1.54, 1.807) is 6.21 Å². The number of nitrogens with zero attached hydrogens (tertiary/aromatic N) is 1. The van der Waals surface area contributed by atoms with Gasteiger partial charge >= 0.3 is 5.97 Å². The Balaban J connectivity index is 2.50. The van der Waals surface area contributed by atoms with E-state index in [0.29, 0.717) is 12.3 Å². The van der Waals surface area contributed by atoms with E-state index in [1.807, 2.05) is 25.7 Å². The molecule has 1 aliphatic carbocycles. The zero-order valence-corrected chi connectivity index (χ0v) is 10.0. The monoisotopic (exact) mass is 220 g/mol. The molecule has 0 aromatic heterocycles. The molecule has 1 rings (SSSR count). The Labute approximate surface area is 98.3 Å². The molecular weight excluding hydrogens is 202 g/mol. The molecule has 0 N–H and O–H groups in total. The highest BCUT2D eigenvalue weighted by atomic mass is 16.5. The standard InChI is InChI=1S/C13H18NO2/c1-10(2)8-12(13(15)16-3)14-9-11-6-4-5-7-11/h4-7,9-10,12H,8H2,1-3H3. The van der Waals surface area contributed by atoms with Crippen LogP contribution >= 0.6 is 0 Å². The van der Waals surface area contributed by atoms with Crippen molar-refractivity contribution < 1.29 is 9.53 Å². The summed E-state index contributed by atoms with van der Waals surface area (Å²) in [6.45, 7) is 4.13. The van der Waals surface area contributed by atoms with Crippen molar-refractivity contribution in [2.24, 2.45) is 10.9 Å². The molecular formula is C13H18NO2. The van der Waals surface area contributed by atoms with Crippen molar-refractivity contribution in [1.29, 1.82) is 0 Å². The van der Waals surface area contributed by atoms with Gasteiger partial charge in [0, 0.05) is 12.1 Å². The maximum absolute atomic E-state index is 11.5. The van der Waals surface area contributed by atoms with Gasteiger partial charge in [0.05, 0.1) is 7.11 Å². The lowest BCUT2D eigenvalue weighted by atomic mass is 10.0. The van der Waals surface area contributed by atoms with E-state index in [-0.39, 0.29) is 12.0 Å². The normalized spacial score (nSPS) is 19.5. The van der Waals surface area contributed by atoms with Crippen LogP contribution in [0.1, 0.15) is 20.3 Å². The van der Waals surface area contributed by atoms with E-state index in [9.17, 15) is 4.79 Å². The van der Waals surface area contributed by atoms with Crippen molar-refractivity contribution in [3.63, 3.8) is 0 Å². The Morgan fingerprint density at radius 1 is 1.44 bits per heavy atom. The van der Waals surface area contributed by atoms with E-state index >= 15 is 0 Å². The quantitative estimate of drug-likeness (QED) is 0.525. The molecule has 0 aromatic carbocycles. The Bertz CT molecular complexity index is 242. The molecule has 1 fully saturated rings. The molecule has 0 aromatic rings. The van der Waals surface area contributed by atoms with Gasteiger partial charge in [-0.3, -0.25) is 4.99 Å². The maximum Gasteiger partial charge on any atom is 0.330 e. The second-order valence-corrected chi connectivity index (χ2v) is 4.16. The van der Waals surface area contributed by atoms with Crippen molar-refractivity contribution in [2.45, 2.75) is 26.3 Å². The van der Waals surface area contributed by atoms with Crippen molar-refractivity contribution in [2.75, 3.05) is 7.11 Å². The van der Waals surface area contributed by atoms with Gasteiger partial charge in [-0.25, -0.2) is 4.79 Å². The SMILES string of the molecule is COC(=O)C(CC(C)C)N=C[C]1[CH][CH][CH][CH]1. The molecule has 0 bridgehead atoms.